The van der Waals surface area contributed by atoms with Gasteiger partial charge in [-0.2, -0.15) is 0 Å². The number of hydrogen-bond donors (Lipinski definition) is 0. The lowest BCUT2D eigenvalue weighted by Gasteiger charge is -2.23. The van der Waals surface area contributed by atoms with E-state index in [0.29, 0.717) is 0 Å². The Morgan fingerprint density at radius 2 is 1.24 bits per heavy atom. The molecule has 0 aliphatic carbocycles. The highest BCUT2D eigenvalue weighted by Crippen LogP contribution is 2.46. The third kappa shape index (κ3) is 3.07. The van der Waals surface area contributed by atoms with Crippen LogP contribution in [0.25, 0.3) is 11.1 Å². The number of rotatable bonds is 3. The fourth-order valence-corrected chi connectivity index (χ4v) is 4.23. The SMILES string of the molecule is Cc1ccccc1-c1ccc2c(c1)N(c1ccccc1)CN2c1ccccc1C. The van der Waals surface area contributed by atoms with Crippen molar-refractivity contribution in [2.75, 3.05) is 16.5 Å². The van der Waals surface area contributed by atoms with Gasteiger partial charge in [0.05, 0.1) is 11.4 Å². The first kappa shape index (κ1) is 17.6. The zero-order chi connectivity index (χ0) is 19.8. The maximum Gasteiger partial charge on any atom is 0.100 e. The Kier molecular flexibility index (Phi) is 4.33. The molecular formula is C27H24N2. The van der Waals surface area contributed by atoms with Crippen LogP contribution in [0, 0.1) is 13.8 Å². The number of aryl methyl sites for hydroxylation is 2. The highest BCUT2D eigenvalue weighted by Gasteiger charge is 2.29. The van der Waals surface area contributed by atoms with E-state index in [1.807, 2.05) is 0 Å². The Morgan fingerprint density at radius 3 is 2.00 bits per heavy atom. The summed E-state index contributed by atoms with van der Waals surface area (Å²) in [7, 11) is 0. The van der Waals surface area contributed by atoms with Gasteiger partial charge in [0.1, 0.15) is 6.67 Å². The molecule has 2 nitrogen and oxygen atoms in total. The van der Waals surface area contributed by atoms with Crippen molar-refractivity contribution in [3.05, 3.63) is 108 Å². The first-order chi connectivity index (χ1) is 14.2. The second kappa shape index (κ2) is 7.14. The summed E-state index contributed by atoms with van der Waals surface area (Å²) in [6, 6.07) is 34.7. The Balaban J connectivity index is 1.67. The molecule has 0 saturated carbocycles. The van der Waals surface area contributed by atoms with Crippen LogP contribution in [0.2, 0.25) is 0 Å². The maximum atomic E-state index is 2.42. The van der Waals surface area contributed by atoms with Crippen molar-refractivity contribution in [3.8, 4) is 11.1 Å². The zero-order valence-electron chi connectivity index (χ0n) is 16.8. The van der Waals surface area contributed by atoms with Crippen molar-refractivity contribution in [3.63, 3.8) is 0 Å². The second-order valence-electron chi connectivity index (χ2n) is 7.64. The van der Waals surface area contributed by atoms with E-state index in [0.717, 1.165) is 6.67 Å². The Morgan fingerprint density at radius 1 is 0.552 bits per heavy atom. The van der Waals surface area contributed by atoms with Crippen LogP contribution in [0.15, 0.2) is 97.1 Å². The number of benzene rings is 4. The molecule has 0 spiro atoms. The predicted molar refractivity (Wildman–Crippen MR) is 123 cm³/mol. The van der Waals surface area contributed by atoms with Crippen LogP contribution >= 0.6 is 0 Å². The van der Waals surface area contributed by atoms with Crippen molar-refractivity contribution >= 4 is 22.7 Å². The Hall–Kier alpha value is -3.52. The van der Waals surface area contributed by atoms with Gasteiger partial charge in [0.2, 0.25) is 0 Å². The minimum atomic E-state index is 0.807. The fraction of sp³-hybridized carbons (Fsp3) is 0.111. The molecular weight excluding hydrogens is 352 g/mol. The van der Waals surface area contributed by atoms with Crippen molar-refractivity contribution in [2.24, 2.45) is 0 Å². The number of anilines is 4. The van der Waals surface area contributed by atoms with Crippen LogP contribution in [0.5, 0.6) is 0 Å². The molecule has 1 heterocycles. The van der Waals surface area contributed by atoms with Crippen LogP contribution in [-0.4, -0.2) is 6.67 Å². The number of hydrogen-bond acceptors (Lipinski definition) is 2. The molecule has 0 saturated heterocycles. The lowest BCUT2D eigenvalue weighted by atomic mass is 9.99. The monoisotopic (exact) mass is 376 g/mol. The van der Waals surface area contributed by atoms with Crippen LogP contribution in [0.3, 0.4) is 0 Å². The van der Waals surface area contributed by atoms with E-state index in [1.165, 1.54) is 45.0 Å². The molecule has 0 amide bonds. The molecule has 1 aliphatic heterocycles. The van der Waals surface area contributed by atoms with Gasteiger partial charge in [0, 0.05) is 11.4 Å². The van der Waals surface area contributed by atoms with E-state index in [2.05, 4.69) is 121 Å². The normalized spacial score (nSPS) is 12.9. The molecule has 0 radical (unpaired) electrons. The van der Waals surface area contributed by atoms with Crippen molar-refractivity contribution in [1.82, 2.24) is 0 Å². The zero-order valence-corrected chi connectivity index (χ0v) is 16.8. The van der Waals surface area contributed by atoms with Gasteiger partial charge in [-0.25, -0.2) is 0 Å². The van der Waals surface area contributed by atoms with Gasteiger partial charge in [-0.15, -0.1) is 0 Å². The van der Waals surface area contributed by atoms with Crippen LogP contribution < -0.4 is 9.80 Å². The van der Waals surface area contributed by atoms with Gasteiger partial charge in [0.15, 0.2) is 0 Å². The summed E-state index contributed by atoms with van der Waals surface area (Å²) in [6.45, 7) is 5.17. The van der Waals surface area contributed by atoms with E-state index in [9.17, 15) is 0 Å². The van der Waals surface area contributed by atoms with Gasteiger partial charge >= 0.3 is 0 Å². The van der Waals surface area contributed by atoms with Gasteiger partial charge in [-0.3, -0.25) is 0 Å². The third-order valence-electron chi connectivity index (χ3n) is 5.77. The average molecular weight is 377 g/mol. The molecule has 0 N–H and O–H groups in total. The first-order valence-corrected chi connectivity index (χ1v) is 10.1. The molecule has 1 aliphatic rings. The summed E-state index contributed by atoms with van der Waals surface area (Å²) < 4.78 is 0. The Bertz CT molecular complexity index is 1160. The lowest BCUT2D eigenvalue weighted by Crippen LogP contribution is -2.24. The van der Waals surface area contributed by atoms with Gasteiger partial charge in [-0.1, -0.05) is 66.7 Å². The molecule has 4 aromatic rings. The summed E-state index contributed by atoms with van der Waals surface area (Å²) in [4.78, 5) is 4.82. The van der Waals surface area contributed by atoms with E-state index in [-0.39, 0.29) is 0 Å². The molecule has 2 heteroatoms. The van der Waals surface area contributed by atoms with Crippen molar-refractivity contribution in [1.29, 1.82) is 0 Å². The molecule has 4 aromatic carbocycles. The standard InChI is InChI=1S/C27H24N2/c1-20-10-6-8-14-24(20)22-16-17-26-27(18-22)28(23-12-4-3-5-13-23)19-29(26)25-15-9-7-11-21(25)2/h3-18H,19H2,1-2H3. The molecule has 0 unspecified atom stereocenters. The van der Waals surface area contributed by atoms with Gasteiger partial charge in [-0.05, 0) is 66.4 Å². The smallest absolute Gasteiger partial charge is 0.100 e. The van der Waals surface area contributed by atoms with E-state index in [1.54, 1.807) is 0 Å². The molecule has 0 aromatic heterocycles. The molecule has 0 bridgehead atoms. The largest absolute Gasteiger partial charge is 0.321 e. The third-order valence-corrected chi connectivity index (χ3v) is 5.77. The minimum Gasteiger partial charge on any atom is -0.321 e. The van der Waals surface area contributed by atoms with Gasteiger partial charge < -0.3 is 9.80 Å². The van der Waals surface area contributed by atoms with Crippen molar-refractivity contribution in [2.45, 2.75) is 13.8 Å². The molecule has 142 valence electrons. The van der Waals surface area contributed by atoms with E-state index in [4.69, 9.17) is 0 Å². The number of nitrogens with zero attached hydrogens (tertiary/aromatic N) is 2. The van der Waals surface area contributed by atoms with Gasteiger partial charge in [0.25, 0.3) is 0 Å². The molecule has 0 atom stereocenters. The topological polar surface area (TPSA) is 6.48 Å². The van der Waals surface area contributed by atoms with Crippen LogP contribution in [-0.2, 0) is 0 Å². The summed E-state index contributed by atoms with van der Waals surface area (Å²) in [5.41, 5.74) is 10.1. The lowest BCUT2D eigenvalue weighted by molar-refractivity contribution is 0.986. The highest BCUT2D eigenvalue weighted by atomic mass is 15.4. The molecule has 29 heavy (non-hydrogen) atoms. The second-order valence-corrected chi connectivity index (χ2v) is 7.64. The van der Waals surface area contributed by atoms with E-state index < -0.39 is 0 Å². The van der Waals surface area contributed by atoms with Crippen molar-refractivity contribution < 1.29 is 0 Å². The Labute approximate surface area is 172 Å². The van der Waals surface area contributed by atoms with E-state index >= 15 is 0 Å². The number of fused-ring (bicyclic) bond motifs is 1. The summed E-state index contributed by atoms with van der Waals surface area (Å²) in [5.74, 6) is 0. The molecule has 5 rings (SSSR count). The quantitative estimate of drug-likeness (QED) is 0.372. The fourth-order valence-electron chi connectivity index (χ4n) is 4.23. The number of para-hydroxylation sites is 2. The first-order valence-electron chi connectivity index (χ1n) is 10.1. The molecule has 0 fully saturated rings. The van der Waals surface area contributed by atoms with Crippen LogP contribution in [0.4, 0.5) is 22.7 Å². The highest BCUT2D eigenvalue weighted by molar-refractivity contribution is 5.90. The van der Waals surface area contributed by atoms with Crippen LogP contribution in [0.1, 0.15) is 11.1 Å². The summed E-state index contributed by atoms with van der Waals surface area (Å²) in [5, 5.41) is 0. The minimum absolute atomic E-state index is 0.807. The predicted octanol–water partition coefficient (Wildman–Crippen LogP) is 7.22. The summed E-state index contributed by atoms with van der Waals surface area (Å²) in [6.07, 6.45) is 0. The summed E-state index contributed by atoms with van der Waals surface area (Å²) >= 11 is 0. The average Bonchev–Trinajstić information content (AvgIpc) is 3.14. The maximum absolute atomic E-state index is 2.42.